The second-order valence-electron chi connectivity index (χ2n) is 4.14. The van der Waals surface area contributed by atoms with E-state index in [1.807, 2.05) is 6.07 Å². The molecule has 1 aromatic carbocycles. The molecule has 0 radical (unpaired) electrons. The average molecular weight is 297 g/mol. The number of oxazole rings is 1. The van der Waals surface area contributed by atoms with E-state index in [2.05, 4.69) is 10.3 Å². The summed E-state index contributed by atoms with van der Waals surface area (Å²) in [4.78, 5) is 4.23. The number of hydrogen-bond acceptors (Lipinski definition) is 5. The molecule has 0 atom stereocenters. The molecule has 1 N–H and O–H groups in total. The van der Waals surface area contributed by atoms with Crippen LogP contribution in [0.2, 0.25) is 5.02 Å². The highest BCUT2D eigenvalue weighted by Gasteiger charge is 2.15. The van der Waals surface area contributed by atoms with Crippen molar-refractivity contribution < 1.29 is 13.9 Å². The van der Waals surface area contributed by atoms with Crippen molar-refractivity contribution in [1.29, 1.82) is 0 Å². The standard InChI is InChI=1S/C14H17ClN2O3/c1-18-6-5-16-8-12-14(20-9-17-12)11-4-3-10(15)7-13(11)19-2/h3-4,7,9,16H,5-6,8H2,1-2H3. The molecule has 1 aromatic heterocycles. The highest BCUT2D eigenvalue weighted by molar-refractivity contribution is 6.30. The second kappa shape index (κ2) is 7.28. The lowest BCUT2D eigenvalue weighted by molar-refractivity contribution is 0.199. The lowest BCUT2D eigenvalue weighted by Crippen LogP contribution is -2.19. The molecule has 0 bridgehead atoms. The van der Waals surface area contributed by atoms with E-state index in [9.17, 15) is 0 Å². The quantitative estimate of drug-likeness (QED) is 0.796. The van der Waals surface area contributed by atoms with Crippen LogP contribution in [-0.4, -0.2) is 32.4 Å². The van der Waals surface area contributed by atoms with Gasteiger partial charge in [0.15, 0.2) is 12.2 Å². The van der Waals surface area contributed by atoms with Gasteiger partial charge in [0.1, 0.15) is 11.4 Å². The summed E-state index contributed by atoms with van der Waals surface area (Å²) in [6, 6.07) is 5.41. The summed E-state index contributed by atoms with van der Waals surface area (Å²) in [5.74, 6) is 1.34. The van der Waals surface area contributed by atoms with Crippen LogP contribution in [0.1, 0.15) is 5.69 Å². The Morgan fingerprint density at radius 3 is 2.95 bits per heavy atom. The van der Waals surface area contributed by atoms with Crippen LogP contribution in [0, 0.1) is 0 Å². The van der Waals surface area contributed by atoms with E-state index in [0.717, 1.165) is 17.8 Å². The Balaban J connectivity index is 2.19. The van der Waals surface area contributed by atoms with E-state index in [4.69, 9.17) is 25.5 Å². The predicted octanol–water partition coefficient (Wildman–Crippen LogP) is 2.74. The largest absolute Gasteiger partial charge is 0.496 e. The van der Waals surface area contributed by atoms with Crippen LogP contribution in [0.25, 0.3) is 11.3 Å². The van der Waals surface area contributed by atoms with Crippen molar-refractivity contribution in [1.82, 2.24) is 10.3 Å². The van der Waals surface area contributed by atoms with Crippen molar-refractivity contribution >= 4 is 11.6 Å². The van der Waals surface area contributed by atoms with Gasteiger partial charge in [-0.2, -0.15) is 0 Å². The Kier molecular flexibility index (Phi) is 5.40. The molecule has 0 aliphatic heterocycles. The number of aromatic nitrogens is 1. The van der Waals surface area contributed by atoms with Crippen LogP contribution in [0.15, 0.2) is 29.0 Å². The smallest absolute Gasteiger partial charge is 0.181 e. The van der Waals surface area contributed by atoms with Gasteiger partial charge in [-0.15, -0.1) is 0 Å². The normalized spacial score (nSPS) is 10.8. The summed E-state index contributed by atoms with van der Waals surface area (Å²) in [6.07, 6.45) is 1.43. The fourth-order valence-corrected chi connectivity index (χ4v) is 2.01. The Hall–Kier alpha value is -1.56. The average Bonchev–Trinajstić information content (AvgIpc) is 2.91. The van der Waals surface area contributed by atoms with Crippen LogP contribution in [0.3, 0.4) is 0 Å². The molecule has 108 valence electrons. The van der Waals surface area contributed by atoms with Crippen LogP contribution < -0.4 is 10.1 Å². The van der Waals surface area contributed by atoms with Gasteiger partial charge >= 0.3 is 0 Å². The number of rotatable bonds is 7. The van der Waals surface area contributed by atoms with Crippen molar-refractivity contribution in [2.75, 3.05) is 27.4 Å². The summed E-state index contributed by atoms with van der Waals surface area (Å²) in [5, 5.41) is 3.85. The van der Waals surface area contributed by atoms with E-state index >= 15 is 0 Å². The molecule has 0 unspecified atom stereocenters. The van der Waals surface area contributed by atoms with E-state index in [1.165, 1.54) is 6.39 Å². The topological polar surface area (TPSA) is 56.5 Å². The lowest BCUT2D eigenvalue weighted by atomic mass is 10.1. The minimum absolute atomic E-state index is 0.598. The van der Waals surface area contributed by atoms with Crippen molar-refractivity contribution in [2.45, 2.75) is 6.54 Å². The Labute approximate surface area is 122 Å². The van der Waals surface area contributed by atoms with E-state index < -0.39 is 0 Å². The SMILES string of the molecule is COCCNCc1ncoc1-c1ccc(Cl)cc1OC. The van der Waals surface area contributed by atoms with Crippen molar-refractivity contribution in [3.8, 4) is 17.1 Å². The van der Waals surface area contributed by atoms with Gasteiger partial charge in [-0.1, -0.05) is 11.6 Å². The Bertz CT molecular complexity index is 557. The molecule has 0 amide bonds. The first-order valence-electron chi connectivity index (χ1n) is 6.22. The molecule has 0 aliphatic rings. The molecule has 20 heavy (non-hydrogen) atoms. The first kappa shape index (κ1) is 14.8. The van der Waals surface area contributed by atoms with Crippen LogP contribution >= 0.6 is 11.6 Å². The third kappa shape index (κ3) is 3.50. The van der Waals surface area contributed by atoms with Crippen molar-refractivity contribution in [3.63, 3.8) is 0 Å². The first-order valence-corrected chi connectivity index (χ1v) is 6.60. The maximum Gasteiger partial charge on any atom is 0.181 e. The maximum atomic E-state index is 5.96. The molecule has 0 spiro atoms. The van der Waals surface area contributed by atoms with Gasteiger partial charge in [0, 0.05) is 25.2 Å². The van der Waals surface area contributed by atoms with Gasteiger partial charge in [0.25, 0.3) is 0 Å². The minimum Gasteiger partial charge on any atom is -0.496 e. The second-order valence-corrected chi connectivity index (χ2v) is 4.58. The summed E-state index contributed by atoms with van der Waals surface area (Å²) in [7, 11) is 3.27. The van der Waals surface area contributed by atoms with Crippen LogP contribution in [-0.2, 0) is 11.3 Å². The zero-order chi connectivity index (χ0) is 14.4. The maximum absolute atomic E-state index is 5.96. The summed E-state index contributed by atoms with van der Waals surface area (Å²) < 4.78 is 15.8. The van der Waals surface area contributed by atoms with Gasteiger partial charge in [-0.05, 0) is 18.2 Å². The number of methoxy groups -OCH3 is 2. The summed E-state index contributed by atoms with van der Waals surface area (Å²) >= 11 is 5.96. The summed E-state index contributed by atoms with van der Waals surface area (Å²) in [6.45, 7) is 2.00. The third-order valence-electron chi connectivity index (χ3n) is 2.82. The molecule has 5 nitrogen and oxygen atoms in total. The van der Waals surface area contributed by atoms with Gasteiger partial charge in [-0.3, -0.25) is 0 Å². The molecule has 0 saturated heterocycles. The fourth-order valence-electron chi connectivity index (χ4n) is 1.85. The van der Waals surface area contributed by atoms with Gasteiger partial charge < -0.3 is 19.2 Å². The number of nitrogens with one attached hydrogen (secondary N) is 1. The summed E-state index contributed by atoms with van der Waals surface area (Å²) in [5.41, 5.74) is 1.65. The number of ether oxygens (including phenoxy) is 2. The van der Waals surface area contributed by atoms with E-state index in [0.29, 0.717) is 29.7 Å². The highest BCUT2D eigenvalue weighted by atomic mass is 35.5. The van der Waals surface area contributed by atoms with E-state index in [1.54, 1.807) is 26.4 Å². The minimum atomic E-state index is 0.598. The van der Waals surface area contributed by atoms with Crippen molar-refractivity contribution in [2.24, 2.45) is 0 Å². The van der Waals surface area contributed by atoms with Gasteiger partial charge in [0.05, 0.1) is 19.3 Å². The van der Waals surface area contributed by atoms with E-state index in [-0.39, 0.29) is 0 Å². The van der Waals surface area contributed by atoms with Gasteiger partial charge in [0.2, 0.25) is 0 Å². The molecular formula is C14H17ClN2O3. The molecule has 1 heterocycles. The molecule has 0 aliphatic carbocycles. The van der Waals surface area contributed by atoms with Crippen molar-refractivity contribution in [3.05, 3.63) is 35.3 Å². The molecule has 0 fully saturated rings. The van der Waals surface area contributed by atoms with Crippen LogP contribution in [0.5, 0.6) is 5.75 Å². The third-order valence-corrected chi connectivity index (χ3v) is 3.06. The molecule has 2 rings (SSSR count). The fraction of sp³-hybridized carbons (Fsp3) is 0.357. The molecule has 0 saturated carbocycles. The zero-order valence-corrected chi connectivity index (χ0v) is 12.2. The molecule has 2 aromatic rings. The molecule has 6 heteroatoms. The zero-order valence-electron chi connectivity index (χ0n) is 11.5. The number of halogens is 1. The highest BCUT2D eigenvalue weighted by Crippen LogP contribution is 2.34. The van der Waals surface area contributed by atoms with Crippen LogP contribution in [0.4, 0.5) is 0 Å². The molecular weight excluding hydrogens is 280 g/mol. The Morgan fingerprint density at radius 1 is 1.35 bits per heavy atom. The Morgan fingerprint density at radius 2 is 2.20 bits per heavy atom. The van der Waals surface area contributed by atoms with Gasteiger partial charge in [-0.25, -0.2) is 4.98 Å². The number of nitrogens with zero attached hydrogens (tertiary/aromatic N) is 1. The lowest BCUT2D eigenvalue weighted by Gasteiger charge is -2.08. The predicted molar refractivity (Wildman–Crippen MR) is 77.1 cm³/mol. The number of benzene rings is 1. The first-order chi connectivity index (χ1) is 9.76. The monoisotopic (exact) mass is 296 g/mol. The number of hydrogen-bond donors (Lipinski definition) is 1.